The van der Waals surface area contributed by atoms with Crippen molar-refractivity contribution in [1.29, 1.82) is 0 Å². The maximum Gasteiger partial charge on any atom is 0.238 e. The molecule has 0 aromatic heterocycles. The van der Waals surface area contributed by atoms with Gasteiger partial charge in [0.05, 0.1) is 17.5 Å². The van der Waals surface area contributed by atoms with Gasteiger partial charge < -0.3 is 0 Å². The summed E-state index contributed by atoms with van der Waals surface area (Å²) in [6.07, 6.45) is 0. The average Bonchev–Trinajstić information content (AvgIpc) is 3.00. The van der Waals surface area contributed by atoms with E-state index in [2.05, 4.69) is 24.3 Å². The Morgan fingerprint density at radius 2 is 1.00 bits per heavy atom. The van der Waals surface area contributed by atoms with Crippen LogP contribution in [0.5, 0.6) is 0 Å². The Hall–Kier alpha value is -2.91. The quantitative estimate of drug-likeness (QED) is 0.567. The van der Waals surface area contributed by atoms with E-state index in [1.165, 1.54) is 27.2 Å². The highest BCUT2D eigenvalue weighted by Gasteiger charge is 2.61. The fourth-order valence-corrected chi connectivity index (χ4v) is 5.65. The van der Waals surface area contributed by atoms with E-state index < -0.39 is 0 Å². The molecule has 0 N–H and O–H groups in total. The van der Waals surface area contributed by atoms with Crippen molar-refractivity contribution < 1.29 is 9.59 Å². The standard InChI is InChI=1S/C24H16ClNO2/c25-13-9-11-14(12-10-13)26-23(27)21-19-15-5-1-2-6-16(15)20(22(21)24(26)28)18-8-4-3-7-17(18)19/h1-12,19-22H/t19?,20?,21-,22+. The molecule has 7 rings (SSSR count). The third-order valence-electron chi connectivity index (χ3n) is 6.53. The van der Waals surface area contributed by atoms with Gasteiger partial charge >= 0.3 is 0 Å². The molecule has 2 atom stereocenters. The third kappa shape index (κ3) is 1.90. The minimum absolute atomic E-state index is 0.0730. The minimum Gasteiger partial charge on any atom is -0.274 e. The first-order chi connectivity index (χ1) is 13.7. The van der Waals surface area contributed by atoms with Crippen LogP contribution in [0.2, 0.25) is 5.02 Å². The fraction of sp³-hybridized carbons (Fsp3) is 0.167. The first-order valence-electron chi connectivity index (χ1n) is 9.48. The van der Waals surface area contributed by atoms with E-state index in [4.69, 9.17) is 11.6 Å². The number of halogens is 1. The summed E-state index contributed by atoms with van der Waals surface area (Å²) in [5, 5.41) is 0.583. The topological polar surface area (TPSA) is 37.4 Å². The molecule has 136 valence electrons. The van der Waals surface area contributed by atoms with Crippen LogP contribution in [0.4, 0.5) is 5.69 Å². The Morgan fingerprint density at radius 1 is 0.607 bits per heavy atom. The van der Waals surface area contributed by atoms with Crippen molar-refractivity contribution >= 4 is 29.1 Å². The Morgan fingerprint density at radius 3 is 1.39 bits per heavy atom. The molecule has 1 saturated heterocycles. The number of amides is 2. The number of carbonyl (C=O) groups excluding carboxylic acids is 2. The second-order valence-electron chi connectivity index (χ2n) is 7.75. The lowest BCUT2D eigenvalue weighted by molar-refractivity contribution is -0.122. The molecule has 1 fully saturated rings. The van der Waals surface area contributed by atoms with Crippen molar-refractivity contribution in [2.75, 3.05) is 4.90 Å². The van der Waals surface area contributed by atoms with Gasteiger partial charge in [-0.15, -0.1) is 0 Å². The highest BCUT2D eigenvalue weighted by molar-refractivity contribution is 6.31. The van der Waals surface area contributed by atoms with Crippen molar-refractivity contribution in [3.8, 4) is 0 Å². The minimum atomic E-state index is -0.349. The van der Waals surface area contributed by atoms with E-state index in [0.717, 1.165) is 0 Å². The van der Waals surface area contributed by atoms with E-state index in [9.17, 15) is 9.59 Å². The molecule has 0 saturated carbocycles. The van der Waals surface area contributed by atoms with Crippen molar-refractivity contribution in [3.05, 3.63) is 100 Å². The van der Waals surface area contributed by atoms with Crippen molar-refractivity contribution in [2.24, 2.45) is 11.8 Å². The van der Waals surface area contributed by atoms with Crippen LogP contribution >= 0.6 is 11.6 Å². The molecule has 3 aromatic rings. The molecular formula is C24H16ClNO2. The summed E-state index contributed by atoms with van der Waals surface area (Å²) < 4.78 is 0. The van der Waals surface area contributed by atoms with E-state index >= 15 is 0 Å². The third-order valence-corrected chi connectivity index (χ3v) is 6.79. The Bertz CT molecular complexity index is 1040. The summed E-state index contributed by atoms with van der Waals surface area (Å²) in [6.45, 7) is 0. The van der Waals surface area contributed by atoms with Gasteiger partial charge in [0.15, 0.2) is 0 Å². The molecule has 3 nitrogen and oxygen atoms in total. The Balaban J connectivity index is 1.57. The summed E-state index contributed by atoms with van der Waals surface area (Å²) in [6, 6.07) is 23.5. The number of hydrogen-bond donors (Lipinski definition) is 0. The largest absolute Gasteiger partial charge is 0.274 e. The van der Waals surface area contributed by atoms with Gasteiger partial charge in [-0.1, -0.05) is 60.1 Å². The molecule has 0 unspecified atom stereocenters. The zero-order chi connectivity index (χ0) is 19.0. The van der Waals surface area contributed by atoms with Gasteiger partial charge in [0.25, 0.3) is 0 Å². The summed E-state index contributed by atoms with van der Waals surface area (Å²) >= 11 is 6.00. The van der Waals surface area contributed by atoms with Gasteiger partial charge in [-0.25, -0.2) is 4.90 Å². The maximum absolute atomic E-state index is 13.5. The molecule has 2 amide bonds. The van der Waals surface area contributed by atoms with Crippen LogP contribution in [0.15, 0.2) is 72.8 Å². The number of anilines is 1. The summed E-state index contributed by atoms with van der Waals surface area (Å²) in [4.78, 5) is 28.4. The zero-order valence-electron chi connectivity index (χ0n) is 14.9. The number of benzene rings is 3. The van der Waals surface area contributed by atoms with Gasteiger partial charge in [-0.05, 0) is 46.5 Å². The first kappa shape index (κ1) is 16.1. The monoisotopic (exact) mass is 385 g/mol. The first-order valence-corrected chi connectivity index (χ1v) is 9.85. The van der Waals surface area contributed by atoms with Crippen molar-refractivity contribution in [3.63, 3.8) is 0 Å². The molecule has 0 spiro atoms. The zero-order valence-corrected chi connectivity index (χ0v) is 15.6. The van der Waals surface area contributed by atoms with Gasteiger partial charge in [-0.3, -0.25) is 9.59 Å². The second-order valence-corrected chi connectivity index (χ2v) is 8.19. The van der Waals surface area contributed by atoms with Crippen LogP contribution in [0.3, 0.4) is 0 Å². The number of carbonyl (C=O) groups is 2. The van der Waals surface area contributed by atoms with Crippen LogP contribution in [0, 0.1) is 11.8 Å². The van der Waals surface area contributed by atoms with Crippen LogP contribution < -0.4 is 4.90 Å². The second kappa shape index (κ2) is 5.55. The summed E-state index contributed by atoms with van der Waals surface area (Å²) in [5.74, 6) is -1.05. The fourth-order valence-electron chi connectivity index (χ4n) is 5.52. The molecule has 4 aliphatic rings. The van der Waals surface area contributed by atoms with Gasteiger partial charge in [-0.2, -0.15) is 0 Å². The molecule has 4 heteroatoms. The SMILES string of the molecule is O=C1[C@@H]2C3c4ccccc4C(c4ccccc43)[C@@H]2C(=O)N1c1ccc(Cl)cc1. The highest BCUT2D eigenvalue weighted by Crippen LogP contribution is 2.61. The maximum atomic E-state index is 13.5. The van der Waals surface area contributed by atoms with Crippen LogP contribution in [0.25, 0.3) is 0 Å². The number of nitrogens with zero attached hydrogens (tertiary/aromatic N) is 1. The number of rotatable bonds is 1. The Labute approximate surface area is 167 Å². The normalized spacial score (nSPS) is 26.8. The predicted molar refractivity (Wildman–Crippen MR) is 107 cm³/mol. The average molecular weight is 386 g/mol. The van der Waals surface area contributed by atoms with Crippen molar-refractivity contribution in [2.45, 2.75) is 11.8 Å². The molecule has 3 aliphatic carbocycles. The van der Waals surface area contributed by atoms with E-state index in [0.29, 0.717) is 10.7 Å². The molecule has 0 radical (unpaired) electrons. The highest BCUT2D eigenvalue weighted by atomic mass is 35.5. The van der Waals surface area contributed by atoms with Gasteiger partial charge in [0.2, 0.25) is 11.8 Å². The molecule has 3 aromatic carbocycles. The number of imide groups is 1. The van der Waals surface area contributed by atoms with Crippen molar-refractivity contribution in [1.82, 2.24) is 0 Å². The van der Waals surface area contributed by atoms with Crippen LogP contribution in [-0.4, -0.2) is 11.8 Å². The molecule has 1 aliphatic heterocycles. The summed E-state index contributed by atoms with van der Waals surface area (Å²) in [5.41, 5.74) is 5.34. The molecule has 1 heterocycles. The van der Waals surface area contributed by atoms with Gasteiger partial charge in [0, 0.05) is 16.9 Å². The van der Waals surface area contributed by atoms with Crippen LogP contribution in [0.1, 0.15) is 34.1 Å². The van der Waals surface area contributed by atoms with E-state index in [-0.39, 0.29) is 35.5 Å². The smallest absolute Gasteiger partial charge is 0.238 e. The lowest BCUT2D eigenvalue weighted by atomic mass is 9.55. The molecule has 2 bridgehead atoms. The van der Waals surface area contributed by atoms with E-state index in [1.54, 1.807) is 24.3 Å². The number of hydrogen-bond acceptors (Lipinski definition) is 2. The Kier molecular flexibility index (Phi) is 3.19. The lowest BCUT2D eigenvalue weighted by Crippen LogP contribution is -2.41. The van der Waals surface area contributed by atoms with Gasteiger partial charge in [0.1, 0.15) is 0 Å². The lowest BCUT2D eigenvalue weighted by Gasteiger charge is -2.45. The summed E-state index contributed by atoms with van der Waals surface area (Å²) in [7, 11) is 0. The predicted octanol–water partition coefficient (Wildman–Crippen LogP) is 4.74. The van der Waals surface area contributed by atoms with Crippen LogP contribution in [-0.2, 0) is 9.59 Å². The molecule has 28 heavy (non-hydrogen) atoms. The van der Waals surface area contributed by atoms with E-state index in [1.807, 2.05) is 24.3 Å². The molecular weight excluding hydrogens is 370 g/mol.